The van der Waals surface area contributed by atoms with Crippen LogP contribution in [0.1, 0.15) is 29.1 Å². The van der Waals surface area contributed by atoms with Gasteiger partial charge < -0.3 is 63.7 Å². The third-order valence-electron chi connectivity index (χ3n) is 0.779. The molecule has 0 saturated carbocycles. The fourth-order valence-electron chi connectivity index (χ4n) is 0.395. The molecule has 26 heavy (non-hydrogen) atoms. The minimum atomic E-state index is -6.00. The van der Waals surface area contributed by atoms with E-state index >= 15 is 0 Å². The monoisotopic (exact) mass is 446 g/mol. The second-order valence-corrected chi connectivity index (χ2v) is 4.81. The molecule has 0 rings (SSSR count). The Labute approximate surface area is 186 Å². The molecular formula is C7H16B3F12KNO2-3. The first-order valence-corrected chi connectivity index (χ1v) is 5.93. The zero-order chi connectivity index (χ0) is 21.9. The molecule has 0 fully saturated rings. The van der Waals surface area contributed by atoms with Crippen molar-refractivity contribution < 1.29 is 114 Å². The van der Waals surface area contributed by atoms with Gasteiger partial charge in [0.2, 0.25) is 0 Å². The molecule has 0 bridgehead atoms. The van der Waals surface area contributed by atoms with Crippen LogP contribution in [-0.2, 0) is 9.53 Å². The van der Waals surface area contributed by atoms with Crippen molar-refractivity contribution in [2.75, 3.05) is 0 Å². The van der Waals surface area contributed by atoms with Gasteiger partial charge >= 0.3 is 79.1 Å². The summed E-state index contributed by atoms with van der Waals surface area (Å²) in [6, 6.07) is -0.528. The van der Waals surface area contributed by atoms with Gasteiger partial charge in [0, 0.05) is 0 Å². The molecule has 0 radical (unpaired) electrons. The molecule has 2 N–H and O–H groups in total. The molecule has 0 aromatic rings. The first kappa shape index (κ1) is 37.2. The van der Waals surface area contributed by atoms with Crippen molar-refractivity contribution in [2.24, 2.45) is 5.73 Å². The van der Waals surface area contributed by atoms with E-state index in [-0.39, 0.29) is 58.8 Å². The molecule has 0 aliphatic carbocycles. The van der Waals surface area contributed by atoms with Gasteiger partial charge in [-0.05, 0) is 27.7 Å². The number of carbonyl (C=O) groups is 1. The van der Waals surface area contributed by atoms with Crippen LogP contribution < -0.4 is 57.1 Å². The third-order valence-corrected chi connectivity index (χ3v) is 0.779. The van der Waals surface area contributed by atoms with Crippen LogP contribution in [0.3, 0.4) is 0 Å². The average Bonchev–Trinajstić information content (AvgIpc) is 2.04. The van der Waals surface area contributed by atoms with Crippen LogP contribution in [0.2, 0.25) is 0 Å². The van der Waals surface area contributed by atoms with Crippen molar-refractivity contribution in [1.82, 2.24) is 0 Å². The predicted molar refractivity (Wildman–Crippen MR) is 71.2 cm³/mol. The van der Waals surface area contributed by atoms with E-state index in [0.717, 1.165) is 0 Å². The number of esters is 1. The molecule has 0 heterocycles. The molecule has 0 saturated heterocycles. The molecule has 0 aliphatic heterocycles. The maximum atomic E-state index is 10.8. The maximum absolute atomic E-state index is 10.8. The van der Waals surface area contributed by atoms with Gasteiger partial charge in [0.25, 0.3) is 0 Å². The Bertz CT molecular complexity index is 314. The van der Waals surface area contributed by atoms with Gasteiger partial charge in [0.1, 0.15) is 11.6 Å². The van der Waals surface area contributed by atoms with Crippen molar-refractivity contribution in [3.05, 3.63) is 0 Å². The van der Waals surface area contributed by atoms with E-state index in [2.05, 4.69) is 0 Å². The summed E-state index contributed by atoms with van der Waals surface area (Å²) in [7, 11) is -18.0. The van der Waals surface area contributed by atoms with E-state index in [0.29, 0.717) is 0 Å². The third kappa shape index (κ3) is 151. The van der Waals surface area contributed by atoms with Crippen LogP contribution >= 0.6 is 0 Å². The van der Waals surface area contributed by atoms with Gasteiger partial charge in [-0.25, -0.2) is 0 Å². The summed E-state index contributed by atoms with van der Waals surface area (Å²) in [5, 5.41) is 0. The summed E-state index contributed by atoms with van der Waals surface area (Å²) in [4.78, 5) is 10.8. The number of ether oxygens (including phenoxy) is 1. The molecule has 0 spiro atoms. The molecule has 1 unspecified atom stereocenters. The molecular weight excluding hydrogens is 430 g/mol. The average molecular weight is 446 g/mol. The van der Waals surface area contributed by atoms with Crippen molar-refractivity contribution in [3.8, 4) is 0 Å². The minimum absolute atomic E-state index is 0. The van der Waals surface area contributed by atoms with Crippen LogP contribution in [0.15, 0.2) is 0 Å². The van der Waals surface area contributed by atoms with E-state index in [4.69, 9.17) is 10.5 Å². The number of hydrogen-bond acceptors (Lipinski definition) is 3. The number of halogens is 12. The summed E-state index contributed by atoms with van der Waals surface area (Å²) in [5.41, 5.74) is 4.84. The maximum Gasteiger partial charge on any atom is 1.00 e. The fraction of sp³-hybridized carbons (Fsp3) is 0.857. The van der Waals surface area contributed by atoms with Crippen LogP contribution in [-0.4, -0.2) is 39.4 Å². The Kier molecular flexibility index (Phi) is 22.0. The Morgan fingerprint density at radius 2 is 0.962 bits per heavy atom. The molecule has 1 atom stereocenters. The van der Waals surface area contributed by atoms with Gasteiger partial charge in [0.05, 0.1) is 0 Å². The quantitative estimate of drug-likeness (QED) is 0.380. The second-order valence-electron chi connectivity index (χ2n) is 4.81. The summed E-state index contributed by atoms with van der Waals surface area (Å²) >= 11 is 0. The van der Waals surface area contributed by atoms with Gasteiger partial charge in [-0.2, -0.15) is 0 Å². The zero-order valence-corrected chi connectivity index (χ0v) is 17.4. The number of carbonyl (C=O) groups excluding carboxylic acids is 1. The number of nitrogens with two attached hydrogens (primary N) is 1. The van der Waals surface area contributed by atoms with Crippen LogP contribution in [0.4, 0.5) is 51.8 Å². The van der Waals surface area contributed by atoms with E-state index in [1.807, 2.05) is 20.8 Å². The topological polar surface area (TPSA) is 52.3 Å². The number of rotatable bonds is 1. The van der Waals surface area contributed by atoms with Crippen molar-refractivity contribution in [3.63, 3.8) is 0 Å². The van der Waals surface area contributed by atoms with Gasteiger partial charge in [-0.1, -0.05) is 0 Å². The van der Waals surface area contributed by atoms with Gasteiger partial charge in [-0.15, -0.1) is 0 Å². The Morgan fingerprint density at radius 1 is 0.808 bits per heavy atom. The van der Waals surface area contributed by atoms with E-state index in [1.165, 1.54) is 0 Å². The summed E-state index contributed by atoms with van der Waals surface area (Å²) < 4.78 is 122. The Morgan fingerprint density at radius 3 is 1.00 bits per heavy atom. The van der Waals surface area contributed by atoms with E-state index in [9.17, 15) is 56.6 Å². The van der Waals surface area contributed by atoms with E-state index in [1.54, 1.807) is 6.92 Å². The van der Waals surface area contributed by atoms with Crippen molar-refractivity contribution in [1.29, 1.82) is 0 Å². The van der Waals surface area contributed by atoms with E-state index < -0.39 is 33.4 Å². The predicted octanol–water partition coefficient (Wildman–Crippen LogP) is 1.69. The molecule has 0 aromatic carbocycles. The van der Waals surface area contributed by atoms with Crippen LogP contribution in [0.25, 0.3) is 0 Å². The largest absolute Gasteiger partial charge is 1.00 e. The van der Waals surface area contributed by atoms with Gasteiger partial charge in [0.15, 0.2) is 0 Å². The summed E-state index contributed by atoms with van der Waals surface area (Å²) in [5.74, 6) is -0.354. The zero-order valence-electron chi connectivity index (χ0n) is 15.2. The molecule has 0 aromatic heterocycles. The molecule has 158 valence electrons. The summed E-state index contributed by atoms with van der Waals surface area (Å²) in [6.07, 6.45) is 0. The standard InChI is InChI=1S/C7H15NO2.3BF4.K.H/c1-5(8)6(9)10-7(2,3)4;3*2-1(3,4)5;;/h5H,8H2,1-4H3;;;;;/q;3*-1;+1;-1. The fourth-order valence-corrected chi connectivity index (χ4v) is 0.395. The second kappa shape index (κ2) is 15.4. The first-order chi connectivity index (χ1) is 10.3. The Balaban J connectivity index is -0.0000000564. The SMILES string of the molecule is CC(N)C(=O)OC(C)(C)C.F[B-](F)(F)F.F[B-](F)(F)F.F[B-](F)(F)F.[H-].[K+]. The normalized spacial score (nSPS) is 12.5. The number of hydrogen-bond donors (Lipinski definition) is 1. The van der Waals surface area contributed by atoms with Crippen LogP contribution in [0.5, 0.6) is 0 Å². The summed E-state index contributed by atoms with van der Waals surface area (Å²) in [6.45, 7) is 7.04. The van der Waals surface area contributed by atoms with Crippen molar-refractivity contribution in [2.45, 2.75) is 39.3 Å². The molecule has 19 heteroatoms. The minimum Gasteiger partial charge on any atom is -1.00 e. The smallest absolute Gasteiger partial charge is 1.00 e. The Hall–Kier alpha value is 0.421. The van der Waals surface area contributed by atoms with Gasteiger partial charge in [-0.3, -0.25) is 4.79 Å². The first-order valence-electron chi connectivity index (χ1n) is 5.93. The van der Waals surface area contributed by atoms with Crippen LogP contribution in [0, 0.1) is 0 Å². The molecule has 0 amide bonds. The molecule has 3 nitrogen and oxygen atoms in total. The van der Waals surface area contributed by atoms with Crippen molar-refractivity contribution >= 4 is 27.7 Å². The molecule has 0 aliphatic rings.